The first-order valence-corrected chi connectivity index (χ1v) is 9.88. The Morgan fingerprint density at radius 1 is 1.30 bits per heavy atom. The molecule has 20 heavy (non-hydrogen) atoms. The van der Waals surface area contributed by atoms with E-state index in [9.17, 15) is 8.42 Å². The molecule has 1 saturated carbocycles. The van der Waals surface area contributed by atoms with Gasteiger partial charge in [-0.2, -0.15) is 0 Å². The number of aryl methyl sites for hydroxylation is 2. The molecule has 6 heteroatoms. The first kappa shape index (κ1) is 15.9. The average molecular weight is 316 g/mol. The van der Waals surface area contributed by atoms with Gasteiger partial charge in [-0.15, -0.1) is 11.3 Å². The lowest BCUT2D eigenvalue weighted by atomic mass is 9.94. The van der Waals surface area contributed by atoms with Crippen LogP contribution in [0.25, 0.3) is 0 Å². The zero-order chi connectivity index (χ0) is 14.9. The van der Waals surface area contributed by atoms with Crippen LogP contribution >= 0.6 is 11.3 Å². The maximum Gasteiger partial charge on any atom is 0.151 e. The topological polar surface area (TPSA) is 50.3 Å². The molecule has 0 amide bonds. The van der Waals surface area contributed by atoms with Gasteiger partial charge in [0, 0.05) is 23.7 Å². The largest absolute Gasteiger partial charge is 0.297 e. The van der Waals surface area contributed by atoms with Crippen molar-refractivity contribution in [1.29, 1.82) is 0 Å². The molecule has 1 aliphatic carbocycles. The molecule has 0 radical (unpaired) electrons. The lowest BCUT2D eigenvalue weighted by Crippen LogP contribution is -2.46. The summed E-state index contributed by atoms with van der Waals surface area (Å²) in [4.78, 5) is 7.92. The van der Waals surface area contributed by atoms with Gasteiger partial charge in [0.05, 0.1) is 16.0 Å². The van der Waals surface area contributed by atoms with Gasteiger partial charge in [-0.25, -0.2) is 13.4 Å². The third kappa shape index (κ3) is 3.59. The Kier molecular flexibility index (Phi) is 4.87. The summed E-state index contributed by atoms with van der Waals surface area (Å²) in [5, 5.41) is 0.866. The standard InChI is InChI=1S/C14H24N2O2S2/c1-10-13(19-11(2)15-10)9-16(3)12-7-5-6-8-14(12)20(4,17)18/h12,14H,5-9H2,1-4H3. The molecule has 1 aromatic rings. The monoisotopic (exact) mass is 316 g/mol. The maximum atomic E-state index is 12.0. The van der Waals surface area contributed by atoms with Gasteiger partial charge in [-0.3, -0.25) is 4.90 Å². The molecule has 1 aromatic heterocycles. The molecule has 0 bridgehead atoms. The summed E-state index contributed by atoms with van der Waals surface area (Å²) in [5.41, 5.74) is 1.08. The number of thiazole rings is 1. The van der Waals surface area contributed by atoms with Gasteiger partial charge < -0.3 is 0 Å². The Balaban J connectivity index is 2.14. The number of hydrogen-bond acceptors (Lipinski definition) is 5. The Morgan fingerprint density at radius 2 is 1.95 bits per heavy atom. The summed E-state index contributed by atoms with van der Waals surface area (Å²) < 4.78 is 24.0. The molecule has 2 unspecified atom stereocenters. The van der Waals surface area contributed by atoms with Crippen molar-refractivity contribution in [3.8, 4) is 0 Å². The fourth-order valence-corrected chi connectivity index (χ4v) is 5.65. The Hall–Kier alpha value is -0.460. The minimum Gasteiger partial charge on any atom is -0.297 e. The number of aromatic nitrogens is 1. The second-order valence-corrected chi connectivity index (χ2v) is 9.43. The van der Waals surface area contributed by atoms with Crippen LogP contribution in [0.2, 0.25) is 0 Å². The summed E-state index contributed by atoms with van der Waals surface area (Å²) in [6.07, 6.45) is 5.31. The normalized spacial score (nSPS) is 24.2. The molecule has 2 atom stereocenters. The summed E-state index contributed by atoms with van der Waals surface area (Å²) in [6.45, 7) is 4.84. The summed E-state index contributed by atoms with van der Waals surface area (Å²) in [5.74, 6) is 0. The van der Waals surface area contributed by atoms with E-state index in [0.717, 1.165) is 42.9 Å². The Bertz CT molecular complexity index is 566. The van der Waals surface area contributed by atoms with E-state index in [1.54, 1.807) is 11.3 Å². The SMILES string of the molecule is Cc1nc(C)c(CN(C)C2CCCCC2S(C)(=O)=O)s1. The number of rotatable bonds is 4. The molecule has 2 rings (SSSR count). The van der Waals surface area contributed by atoms with E-state index >= 15 is 0 Å². The molecule has 114 valence electrons. The first-order valence-electron chi connectivity index (χ1n) is 7.11. The molecule has 0 spiro atoms. The molecule has 4 nitrogen and oxygen atoms in total. The highest BCUT2D eigenvalue weighted by Gasteiger charge is 2.35. The van der Waals surface area contributed by atoms with Crippen LogP contribution in [-0.4, -0.2) is 42.9 Å². The van der Waals surface area contributed by atoms with Gasteiger partial charge >= 0.3 is 0 Å². The fraction of sp³-hybridized carbons (Fsp3) is 0.786. The van der Waals surface area contributed by atoms with Crippen LogP contribution in [-0.2, 0) is 16.4 Å². The zero-order valence-electron chi connectivity index (χ0n) is 12.7. The van der Waals surface area contributed by atoms with E-state index in [-0.39, 0.29) is 11.3 Å². The van der Waals surface area contributed by atoms with E-state index in [1.807, 2.05) is 20.9 Å². The van der Waals surface area contributed by atoms with Gasteiger partial charge in [0.25, 0.3) is 0 Å². The van der Waals surface area contributed by atoms with E-state index < -0.39 is 9.84 Å². The van der Waals surface area contributed by atoms with Crippen molar-refractivity contribution in [2.45, 2.75) is 57.4 Å². The van der Waals surface area contributed by atoms with E-state index in [4.69, 9.17) is 0 Å². The quantitative estimate of drug-likeness (QED) is 0.856. The molecule has 1 aliphatic rings. The predicted octanol–water partition coefficient (Wildman–Crippen LogP) is 2.55. The van der Waals surface area contributed by atoms with Crippen LogP contribution in [0.4, 0.5) is 0 Å². The molecular formula is C14H24N2O2S2. The predicted molar refractivity (Wildman–Crippen MR) is 83.9 cm³/mol. The van der Waals surface area contributed by atoms with Crippen molar-refractivity contribution in [2.24, 2.45) is 0 Å². The van der Waals surface area contributed by atoms with Crippen molar-refractivity contribution in [3.63, 3.8) is 0 Å². The molecular weight excluding hydrogens is 292 g/mol. The lowest BCUT2D eigenvalue weighted by molar-refractivity contribution is 0.188. The number of hydrogen-bond donors (Lipinski definition) is 0. The van der Waals surface area contributed by atoms with Crippen molar-refractivity contribution in [1.82, 2.24) is 9.88 Å². The highest BCUT2D eigenvalue weighted by molar-refractivity contribution is 7.91. The summed E-state index contributed by atoms with van der Waals surface area (Å²) >= 11 is 1.71. The van der Waals surface area contributed by atoms with Crippen molar-refractivity contribution in [2.75, 3.05) is 13.3 Å². The van der Waals surface area contributed by atoms with Crippen LogP contribution in [0.5, 0.6) is 0 Å². The van der Waals surface area contributed by atoms with E-state index in [2.05, 4.69) is 9.88 Å². The first-order chi connectivity index (χ1) is 9.29. The molecule has 0 saturated heterocycles. The average Bonchev–Trinajstić information content (AvgIpc) is 2.66. The summed E-state index contributed by atoms with van der Waals surface area (Å²) in [7, 11) is -0.927. The summed E-state index contributed by atoms with van der Waals surface area (Å²) in [6, 6.07) is 0.139. The fourth-order valence-electron chi connectivity index (χ4n) is 3.14. The molecule has 0 aromatic carbocycles. The Labute approximate surface area is 126 Å². The minimum absolute atomic E-state index is 0.139. The highest BCUT2D eigenvalue weighted by atomic mass is 32.2. The van der Waals surface area contributed by atoms with Crippen molar-refractivity contribution in [3.05, 3.63) is 15.6 Å². The van der Waals surface area contributed by atoms with Crippen LogP contribution < -0.4 is 0 Å². The van der Waals surface area contributed by atoms with Gasteiger partial charge in [-0.1, -0.05) is 12.8 Å². The second-order valence-electron chi connectivity index (χ2n) is 5.88. The van der Waals surface area contributed by atoms with Crippen molar-refractivity contribution >= 4 is 21.2 Å². The van der Waals surface area contributed by atoms with Gasteiger partial charge in [-0.05, 0) is 33.7 Å². The van der Waals surface area contributed by atoms with E-state index in [1.165, 1.54) is 11.1 Å². The van der Waals surface area contributed by atoms with Crippen LogP contribution in [0.15, 0.2) is 0 Å². The zero-order valence-corrected chi connectivity index (χ0v) is 14.4. The smallest absolute Gasteiger partial charge is 0.151 e. The van der Waals surface area contributed by atoms with Crippen LogP contribution in [0, 0.1) is 13.8 Å². The highest BCUT2D eigenvalue weighted by Crippen LogP contribution is 2.29. The molecule has 0 N–H and O–H groups in total. The number of sulfone groups is 1. The van der Waals surface area contributed by atoms with Gasteiger partial charge in [0.1, 0.15) is 0 Å². The van der Waals surface area contributed by atoms with Gasteiger partial charge in [0.2, 0.25) is 0 Å². The molecule has 1 fully saturated rings. The molecule has 1 heterocycles. The third-order valence-electron chi connectivity index (χ3n) is 4.18. The minimum atomic E-state index is -2.97. The van der Waals surface area contributed by atoms with Crippen LogP contribution in [0.1, 0.15) is 41.3 Å². The maximum absolute atomic E-state index is 12.0. The molecule has 0 aliphatic heterocycles. The second kappa shape index (κ2) is 6.12. The lowest BCUT2D eigenvalue weighted by Gasteiger charge is -2.36. The number of nitrogens with zero attached hydrogens (tertiary/aromatic N) is 2. The Morgan fingerprint density at radius 3 is 2.50 bits per heavy atom. The van der Waals surface area contributed by atoms with Crippen LogP contribution in [0.3, 0.4) is 0 Å². The third-order valence-corrected chi connectivity index (χ3v) is 6.88. The van der Waals surface area contributed by atoms with Gasteiger partial charge in [0.15, 0.2) is 9.84 Å². The van der Waals surface area contributed by atoms with Crippen molar-refractivity contribution < 1.29 is 8.42 Å². The van der Waals surface area contributed by atoms with E-state index in [0.29, 0.717) is 0 Å².